The monoisotopic (exact) mass is 188 g/mol. The number of anilines is 1. The number of nitrogens with one attached hydrogen (secondary N) is 1. The second kappa shape index (κ2) is 2.70. The normalized spacial score (nSPS) is 25.2. The lowest BCUT2D eigenvalue weighted by Gasteiger charge is -2.04. The van der Waals surface area contributed by atoms with Gasteiger partial charge in [-0.05, 0) is 18.4 Å². The summed E-state index contributed by atoms with van der Waals surface area (Å²) >= 11 is 0. The molecule has 0 bridgehead atoms. The molecule has 2 aromatic heterocycles. The highest BCUT2D eigenvalue weighted by Gasteiger charge is 2.32. The molecule has 0 aromatic carbocycles. The predicted molar refractivity (Wildman–Crippen MR) is 54.2 cm³/mol. The van der Waals surface area contributed by atoms with E-state index >= 15 is 0 Å². The largest absolute Gasteiger partial charge is 0.365 e. The Balaban J connectivity index is 1.98. The van der Waals surface area contributed by atoms with Gasteiger partial charge in [0.05, 0.1) is 6.20 Å². The Morgan fingerprint density at radius 3 is 3.14 bits per heavy atom. The van der Waals surface area contributed by atoms with Crippen molar-refractivity contribution in [3.05, 3.63) is 24.7 Å². The molecule has 0 saturated heterocycles. The lowest BCUT2D eigenvalue weighted by molar-refractivity contribution is 0.911. The van der Waals surface area contributed by atoms with E-state index in [1.165, 1.54) is 6.42 Å². The molecule has 1 saturated carbocycles. The van der Waals surface area contributed by atoms with Crippen LogP contribution in [-0.2, 0) is 0 Å². The lowest BCUT2D eigenvalue weighted by Crippen LogP contribution is -2.06. The van der Waals surface area contributed by atoms with E-state index in [9.17, 15) is 0 Å². The maximum Gasteiger partial charge on any atom is 0.152 e. The zero-order chi connectivity index (χ0) is 9.54. The van der Waals surface area contributed by atoms with Gasteiger partial charge in [0.15, 0.2) is 5.82 Å². The van der Waals surface area contributed by atoms with Crippen molar-refractivity contribution < 1.29 is 0 Å². The topological polar surface area (TPSA) is 42.2 Å². The Labute approximate surface area is 82.0 Å². The third kappa shape index (κ3) is 1.14. The van der Waals surface area contributed by atoms with Crippen molar-refractivity contribution >= 4 is 11.3 Å². The molecule has 72 valence electrons. The van der Waals surface area contributed by atoms with Gasteiger partial charge in [0.2, 0.25) is 0 Å². The van der Waals surface area contributed by atoms with Crippen molar-refractivity contribution in [2.75, 3.05) is 5.32 Å². The van der Waals surface area contributed by atoms with E-state index in [-0.39, 0.29) is 0 Å². The second-order valence-corrected chi connectivity index (χ2v) is 3.90. The van der Waals surface area contributed by atoms with Crippen molar-refractivity contribution in [2.24, 2.45) is 5.92 Å². The molecule has 1 N–H and O–H groups in total. The van der Waals surface area contributed by atoms with Gasteiger partial charge in [0.25, 0.3) is 0 Å². The van der Waals surface area contributed by atoms with Crippen molar-refractivity contribution in [1.29, 1.82) is 0 Å². The molecule has 1 fully saturated rings. The van der Waals surface area contributed by atoms with Crippen molar-refractivity contribution in [3.63, 3.8) is 0 Å². The summed E-state index contributed by atoms with van der Waals surface area (Å²) in [4.78, 5) is 4.32. The predicted octanol–water partition coefficient (Wildman–Crippen LogP) is 1.55. The van der Waals surface area contributed by atoms with Crippen LogP contribution in [-0.4, -0.2) is 20.6 Å². The minimum absolute atomic E-state index is 0.601. The van der Waals surface area contributed by atoms with E-state index in [2.05, 4.69) is 22.3 Å². The molecule has 4 heteroatoms. The van der Waals surface area contributed by atoms with E-state index in [4.69, 9.17) is 0 Å². The first-order valence-electron chi connectivity index (χ1n) is 4.89. The molecule has 4 nitrogen and oxygen atoms in total. The highest BCUT2D eigenvalue weighted by Crippen LogP contribution is 2.32. The number of hydrogen-bond acceptors (Lipinski definition) is 3. The van der Waals surface area contributed by atoms with E-state index in [0.29, 0.717) is 6.04 Å². The molecule has 2 aromatic rings. The van der Waals surface area contributed by atoms with Gasteiger partial charge in [-0.3, -0.25) is 0 Å². The maximum absolute atomic E-state index is 4.32. The summed E-state index contributed by atoms with van der Waals surface area (Å²) < 4.78 is 1.84. The molecule has 1 aliphatic carbocycles. The van der Waals surface area contributed by atoms with Gasteiger partial charge in [-0.1, -0.05) is 6.92 Å². The molecule has 1 aliphatic rings. The van der Waals surface area contributed by atoms with Gasteiger partial charge in [-0.2, -0.15) is 5.10 Å². The fourth-order valence-electron chi connectivity index (χ4n) is 1.67. The van der Waals surface area contributed by atoms with Crippen LogP contribution in [0.25, 0.3) is 5.52 Å². The standard InChI is InChI=1S/C10H12N4/c1-7-6-8(7)13-10-9-2-3-12-14(9)5-4-11-10/h2-5,7-8H,6H2,1H3,(H,11,13). The Bertz CT molecular complexity index is 462. The summed E-state index contributed by atoms with van der Waals surface area (Å²) in [5.74, 6) is 1.72. The van der Waals surface area contributed by atoms with Gasteiger partial charge in [0.1, 0.15) is 5.52 Å². The second-order valence-electron chi connectivity index (χ2n) is 3.90. The fourth-order valence-corrected chi connectivity index (χ4v) is 1.67. The summed E-state index contributed by atoms with van der Waals surface area (Å²) in [7, 11) is 0. The summed E-state index contributed by atoms with van der Waals surface area (Å²) in [5.41, 5.74) is 1.05. The maximum atomic E-state index is 4.32. The van der Waals surface area contributed by atoms with Gasteiger partial charge >= 0.3 is 0 Å². The van der Waals surface area contributed by atoms with E-state index in [1.807, 2.05) is 16.8 Å². The molecule has 0 amide bonds. The molecular formula is C10H12N4. The smallest absolute Gasteiger partial charge is 0.152 e. The van der Waals surface area contributed by atoms with Crippen LogP contribution in [0.5, 0.6) is 0 Å². The van der Waals surface area contributed by atoms with Crippen LogP contribution in [0.15, 0.2) is 24.7 Å². The lowest BCUT2D eigenvalue weighted by atomic mass is 10.4. The molecule has 0 spiro atoms. The average Bonchev–Trinajstić information content (AvgIpc) is 2.69. The number of nitrogens with zero attached hydrogens (tertiary/aromatic N) is 3. The Morgan fingerprint density at radius 1 is 1.50 bits per heavy atom. The van der Waals surface area contributed by atoms with E-state index in [0.717, 1.165) is 17.3 Å². The first-order valence-corrected chi connectivity index (χ1v) is 4.89. The van der Waals surface area contributed by atoms with Gasteiger partial charge in [-0.15, -0.1) is 0 Å². The third-order valence-corrected chi connectivity index (χ3v) is 2.76. The van der Waals surface area contributed by atoms with E-state index in [1.54, 1.807) is 12.4 Å². The SMILES string of the molecule is CC1CC1Nc1nccn2nccc12. The number of fused-ring (bicyclic) bond motifs is 1. The highest BCUT2D eigenvalue weighted by molar-refractivity contribution is 5.67. The molecule has 2 unspecified atom stereocenters. The summed E-state index contributed by atoms with van der Waals surface area (Å²) in [6.07, 6.45) is 6.67. The quantitative estimate of drug-likeness (QED) is 0.777. The Hall–Kier alpha value is -1.58. The molecular weight excluding hydrogens is 176 g/mol. The van der Waals surface area contributed by atoms with Gasteiger partial charge in [0, 0.05) is 18.4 Å². The average molecular weight is 188 g/mol. The summed E-state index contributed by atoms with van der Waals surface area (Å²) in [5, 5.41) is 7.59. The van der Waals surface area contributed by atoms with Crippen molar-refractivity contribution in [3.8, 4) is 0 Å². The zero-order valence-corrected chi connectivity index (χ0v) is 8.01. The Morgan fingerprint density at radius 2 is 2.36 bits per heavy atom. The first kappa shape index (κ1) is 7.79. The van der Waals surface area contributed by atoms with Crippen LogP contribution >= 0.6 is 0 Å². The zero-order valence-electron chi connectivity index (χ0n) is 8.01. The van der Waals surface area contributed by atoms with Crippen LogP contribution in [0.3, 0.4) is 0 Å². The first-order chi connectivity index (χ1) is 6.84. The molecule has 0 radical (unpaired) electrons. The van der Waals surface area contributed by atoms with Crippen LogP contribution in [0.4, 0.5) is 5.82 Å². The van der Waals surface area contributed by atoms with Gasteiger partial charge in [-0.25, -0.2) is 9.50 Å². The van der Waals surface area contributed by atoms with Crippen molar-refractivity contribution in [2.45, 2.75) is 19.4 Å². The van der Waals surface area contributed by atoms with Crippen LogP contribution < -0.4 is 5.32 Å². The summed E-state index contributed by atoms with van der Waals surface area (Å²) in [6.45, 7) is 2.24. The van der Waals surface area contributed by atoms with Crippen LogP contribution in [0, 0.1) is 5.92 Å². The number of hydrogen-bond donors (Lipinski definition) is 1. The fraction of sp³-hybridized carbons (Fsp3) is 0.400. The van der Waals surface area contributed by atoms with Crippen LogP contribution in [0.2, 0.25) is 0 Å². The Kier molecular flexibility index (Phi) is 1.50. The summed E-state index contributed by atoms with van der Waals surface area (Å²) in [6, 6.07) is 2.58. The molecule has 2 heterocycles. The minimum atomic E-state index is 0.601. The number of rotatable bonds is 2. The van der Waals surface area contributed by atoms with Crippen molar-refractivity contribution in [1.82, 2.24) is 14.6 Å². The van der Waals surface area contributed by atoms with Crippen LogP contribution in [0.1, 0.15) is 13.3 Å². The highest BCUT2D eigenvalue weighted by atomic mass is 15.2. The third-order valence-electron chi connectivity index (χ3n) is 2.76. The minimum Gasteiger partial charge on any atom is -0.365 e. The molecule has 14 heavy (non-hydrogen) atoms. The van der Waals surface area contributed by atoms with E-state index < -0.39 is 0 Å². The molecule has 2 atom stereocenters. The molecule has 3 rings (SSSR count). The van der Waals surface area contributed by atoms with Gasteiger partial charge < -0.3 is 5.32 Å². The molecule has 0 aliphatic heterocycles. The number of aromatic nitrogens is 3.